The Morgan fingerprint density at radius 2 is 1.96 bits per heavy atom. The maximum absolute atomic E-state index is 12.9. The number of hydrogen-bond acceptors (Lipinski definition) is 3. The smallest absolute Gasteiger partial charge is 0.323 e. The summed E-state index contributed by atoms with van der Waals surface area (Å²) in [5.74, 6) is -1.07. The second kappa shape index (κ2) is 7.50. The Morgan fingerprint density at radius 3 is 2.63 bits per heavy atom. The van der Waals surface area contributed by atoms with Crippen LogP contribution < -0.4 is 10.6 Å². The molecule has 0 aromatic heterocycles. The van der Waals surface area contributed by atoms with Crippen molar-refractivity contribution in [3.63, 3.8) is 0 Å². The van der Waals surface area contributed by atoms with E-state index in [2.05, 4.69) is 26.6 Å². The van der Waals surface area contributed by atoms with Crippen molar-refractivity contribution in [3.8, 4) is 0 Å². The molecule has 0 bridgehead atoms. The van der Waals surface area contributed by atoms with Gasteiger partial charge < -0.3 is 10.6 Å². The van der Waals surface area contributed by atoms with Crippen LogP contribution in [0.1, 0.15) is 12.5 Å². The fraction of sp³-hybridized carbons (Fsp3) is 0.167. The Kier molecular flexibility index (Phi) is 5.46. The first kappa shape index (κ1) is 19.7. The number of halogens is 3. The maximum atomic E-state index is 12.9. The summed E-state index contributed by atoms with van der Waals surface area (Å²) in [6.45, 7) is 1.16. The highest BCUT2D eigenvalue weighted by Crippen LogP contribution is 2.30. The van der Waals surface area contributed by atoms with E-state index in [4.69, 9.17) is 23.2 Å². The van der Waals surface area contributed by atoms with Gasteiger partial charge in [0.15, 0.2) is 0 Å². The minimum Gasteiger partial charge on any atom is -0.323 e. The van der Waals surface area contributed by atoms with Gasteiger partial charge in [-0.2, -0.15) is 0 Å². The third-order valence-electron chi connectivity index (χ3n) is 4.18. The SMILES string of the molecule is CC1(c2cccc(Br)c2)NC(=O)N(CC(=O)Nc2ccc(Cl)cc2Cl)C1=O. The van der Waals surface area contributed by atoms with Gasteiger partial charge in [-0.25, -0.2) is 4.79 Å². The summed E-state index contributed by atoms with van der Waals surface area (Å²) in [4.78, 5) is 38.4. The molecule has 0 aliphatic carbocycles. The molecule has 1 aliphatic rings. The Morgan fingerprint density at radius 1 is 1.22 bits per heavy atom. The van der Waals surface area contributed by atoms with Gasteiger partial charge in [-0.15, -0.1) is 0 Å². The van der Waals surface area contributed by atoms with Gasteiger partial charge >= 0.3 is 6.03 Å². The molecule has 1 heterocycles. The van der Waals surface area contributed by atoms with Crippen LogP contribution in [0.2, 0.25) is 10.0 Å². The Labute approximate surface area is 173 Å². The number of benzene rings is 2. The number of anilines is 1. The molecular weight excluding hydrogens is 457 g/mol. The van der Waals surface area contributed by atoms with Crippen LogP contribution in [0.4, 0.5) is 10.5 Å². The van der Waals surface area contributed by atoms with E-state index in [0.717, 1.165) is 9.37 Å². The number of amides is 4. The molecule has 1 saturated heterocycles. The van der Waals surface area contributed by atoms with Crippen molar-refractivity contribution in [1.82, 2.24) is 10.2 Å². The maximum Gasteiger partial charge on any atom is 0.325 e. The number of carbonyl (C=O) groups excluding carboxylic acids is 3. The Balaban J connectivity index is 1.76. The van der Waals surface area contributed by atoms with Crippen molar-refractivity contribution in [3.05, 3.63) is 62.5 Å². The van der Waals surface area contributed by atoms with Crippen LogP contribution in [0.15, 0.2) is 46.9 Å². The van der Waals surface area contributed by atoms with E-state index in [0.29, 0.717) is 16.3 Å². The van der Waals surface area contributed by atoms with Crippen LogP contribution in [0.25, 0.3) is 0 Å². The van der Waals surface area contributed by atoms with E-state index < -0.39 is 29.9 Å². The molecule has 2 N–H and O–H groups in total. The molecule has 1 unspecified atom stereocenters. The lowest BCUT2D eigenvalue weighted by atomic mass is 9.92. The number of hydrogen-bond donors (Lipinski definition) is 2. The predicted molar refractivity (Wildman–Crippen MR) is 107 cm³/mol. The lowest BCUT2D eigenvalue weighted by molar-refractivity contribution is -0.133. The number of carbonyl (C=O) groups is 3. The minimum absolute atomic E-state index is 0.257. The number of urea groups is 1. The second-order valence-corrected chi connectivity index (χ2v) is 7.89. The van der Waals surface area contributed by atoms with Crippen LogP contribution in [0.3, 0.4) is 0 Å². The van der Waals surface area contributed by atoms with Crippen LogP contribution in [0.5, 0.6) is 0 Å². The number of rotatable bonds is 4. The molecule has 0 spiro atoms. The molecule has 2 aromatic rings. The van der Waals surface area contributed by atoms with Crippen molar-refractivity contribution in [2.45, 2.75) is 12.5 Å². The highest BCUT2D eigenvalue weighted by atomic mass is 79.9. The number of nitrogens with one attached hydrogen (secondary N) is 2. The largest absolute Gasteiger partial charge is 0.325 e. The fourth-order valence-corrected chi connectivity index (χ4v) is 3.61. The van der Waals surface area contributed by atoms with Gasteiger partial charge in [0.25, 0.3) is 5.91 Å². The lowest BCUT2D eigenvalue weighted by Gasteiger charge is -2.22. The molecule has 0 radical (unpaired) electrons. The minimum atomic E-state index is -1.25. The molecule has 1 fully saturated rings. The molecule has 3 rings (SSSR count). The van der Waals surface area contributed by atoms with Crippen LogP contribution in [0, 0.1) is 0 Å². The lowest BCUT2D eigenvalue weighted by Crippen LogP contribution is -2.42. The molecule has 1 aliphatic heterocycles. The van der Waals surface area contributed by atoms with Gasteiger partial charge in [-0.3, -0.25) is 14.5 Å². The normalized spacial score (nSPS) is 19.2. The zero-order chi connectivity index (χ0) is 19.8. The van der Waals surface area contributed by atoms with Gasteiger partial charge in [0.2, 0.25) is 5.91 Å². The van der Waals surface area contributed by atoms with E-state index in [1.165, 1.54) is 6.07 Å². The van der Waals surface area contributed by atoms with E-state index in [1.54, 1.807) is 37.3 Å². The first-order valence-corrected chi connectivity index (χ1v) is 9.40. The second-order valence-electron chi connectivity index (χ2n) is 6.13. The first-order chi connectivity index (χ1) is 12.7. The molecule has 27 heavy (non-hydrogen) atoms. The topological polar surface area (TPSA) is 78.5 Å². The van der Waals surface area contributed by atoms with Gasteiger partial charge in [0.05, 0.1) is 10.7 Å². The molecular formula is C18H14BrCl2N3O3. The van der Waals surface area contributed by atoms with E-state index in [1.807, 2.05) is 6.07 Å². The van der Waals surface area contributed by atoms with Crippen LogP contribution in [-0.4, -0.2) is 29.3 Å². The van der Waals surface area contributed by atoms with Crippen LogP contribution in [-0.2, 0) is 15.1 Å². The van der Waals surface area contributed by atoms with E-state index >= 15 is 0 Å². The molecule has 0 saturated carbocycles. The average molecular weight is 471 g/mol. The third-order valence-corrected chi connectivity index (χ3v) is 5.22. The summed E-state index contributed by atoms with van der Waals surface area (Å²) in [5, 5.41) is 5.91. The predicted octanol–water partition coefficient (Wildman–Crippen LogP) is 4.16. The third kappa shape index (κ3) is 3.95. The summed E-state index contributed by atoms with van der Waals surface area (Å²) >= 11 is 15.2. The van der Waals surface area contributed by atoms with Crippen molar-refractivity contribution in [2.75, 3.05) is 11.9 Å². The number of nitrogens with zero attached hydrogens (tertiary/aromatic N) is 1. The highest BCUT2D eigenvalue weighted by Gasteiger charge is 2.49. The Hall–Kier alpha value is -2.09. The van der Waals surface area contributed by atoms with Crippen molar-refractivity contribution < 1.29 is 14.4 Å². The first-order valence-electron chi connectivity index (χ1n) is 7.86. The van der Waals surface area contributed by atoms with Crippen molar-refractivity contribution in [2.24, 2.45) is 0 Å². The summed E-state index contributed by atoms with van der Waals surface area (Å²) in [5.41, 5.74) is -0.300. The molecule has 9 heteroatoms. The summed E-state index contributed by atoms with van der Waals surface area (Å²) < 4.78 is 0.775. The molecule has 140 valence electrons. The monoisotopic (exact) mass is 469 g/mol. The van der Waals surface area contributed by atoms with Crippen molar-refractivity contribution >= 4 is 62.7 Å². The quantitative estimate of drug-likeness (QED) is 0.658. The summed E-state index contributed by atoms with van der Waals surface area (Å²) in [6.07, 6.45) is 0. The summed E-state index contributed by atoms with van der Waals surface area (Å²) in [7, 11) is 0. The zero-order valence-electron chi connectivity index (χ0n) is 14.1. The van der Waals surface area contributed by atoms with Crippen LogP contribution >= 0.6 is 39.1 Å². The highest BCUT2D eigenvalue weighted by molar-refractivity contribution is 9.10. The zero-order valence-corrected chi connectivity index (χ0v) is 17.2. The molecule has 2 aromatic carbocycles. The van der Waals surface area contributed by atoms with Gasteiger partial charge in [0.1, 0.15) is 12.1 Å². The number of imide groups is 1. The van der Waals surface area contributed by atoms with E-state index in [9.17, 15) is 14.4 Å². The molecule has 6 nitrogen and oxygen atoms in total. The fourth-order valence-electron chi connectivity index (χ4n) is 2.76. The van der Waals surface area contributed by atoms with Gasteiger partial charge in [0, 0.05) is 9.50 Å². The van der Waals surface area contributed by atoms with Crippen molar-refractivity contribution in [1.29, 1.82) is 0 Å². The average Bonchev–Trinajstić information content (AvgIpc) is 2.82. The summed E-state index contributed by atoms with van der Waals surface area (Å²) in [6, 6.07) is 11.0. The van der Waals surface area contributed by atoms with Gasteiger partial charge in [-0.1, -0.05) is 51.3 Å². The van der Waals surface area contributed by atoms with E-state index in [-0.39, 0.29) is 5.02 Å². The molecule has 4 amide bonds. The van der Waals surface area contributed by atoms with Gasteiger partial charge in [-0.05, 0) is 42.8 Å². The molecule has 1 atom stereocenters. The Bertz CT molecular complexity index is 953. The standard InChI is InChI=1S/C18H14BrCl2N3O3/c1-18(10-3-2-4-11(19)7-10)16(26)24(17(27)23-18)9-15(25)22-14-6-5-12(20)8-13(14)21/h2-8H,9H2,1H3,(H,22,25)(H,23,27).